The quantitative estimate of drug-likeness (QED) is 0.831. The van der Waals surface area contributed by atoms with Crippen LogP contribution in [0.1, 0.15) is 41.6 Å². The third-order valence-corrected chi connectivity index (χ3v) is 4.60. The number of carbonyl (C=O) groups is 1. The lowest BCUT2D eigenvalue weighted by molar-refractivity contribution is 0.0937. The van der Waals surface area contributed by atoms with Crippen molar-refractivity contribution in [2.24, 2.45) is 0 Å². The molecule has 4 nitrogen and oxygen atoms in total. The molecule has 1 amide bonds. The second kappa shape index (κ2) is 8.15. The van der Waals surface area contributed by atoms with Gasteiger partial charge in [-0.15, -0.1) is 0 Å². The lowest BCUT2D eigenvalue weighted by atomic mass is 10.1. The summed E-state index contributed by atoms with van der Waals surface area (Å²) in [5.74, 6) is -0.0317. The lowest BCUT2D eigenvalue weighted by Crippen LogP contribution is -2.32. The predicted molar refractivity (Wildman–Crippen MR) is 97.6 cm³/mol. The van der Waals surface area contributed by atoms with Gasteiger partial charge in [0.2, 0.25) is 0 Å². The number of rotatable bonds is 6. The Bertz CT molecular complexity index is 681. The standard InChI is InChI=1S/C19H22ClN3O/c20-16-7-5-14(6-8-16)9-10-22-18-11-15(12-21-13-18)19(24)23-17-3-1-2-4-17/h5-8,11-13,17,22H,1-4,9-10H2,(H,23,24). The van der Waals surface area contributed by atoms with Crippen LogP contribution in [-0.4, -0.2) is 23.5 Å². The molecule has 1 fully saturated rings. The summed E-state index contributed by atoms with van der Waals surface area (Å²) < 4.78 is 0. The molecule has 1 saturated carbocycles. The van der Waals surface area contributed by atoms with Gasteiger partial charge in [-0.05, 0) is 43.0 Å². The molecule has 1 aliphatic carbocycles. The van der Waals surface area contributed by atoms with E-state index in [0.717, 1.165) is 36.5 Å². The van der Waals surface area contributed by atoms with E-state index < -0.39 is 0 Å². The Labute approximate surface area is 147 Å². The Balaban J connectivity index is 1.52. The zero-order valence-electron chi connectivity index (χ0n) is 13.6. The number of hydrogen-bond donors (Lipinski definition) is 2. The summed E-state index contributed by atoms with van der Waals surface area (Å²) in [6, 6.07) is 10.0. The number of nitrogens with one attached hydrogen (secondary N) is 2. The lowest BCUT2D eigenvalue weighted by Gasteiger charge is -2.12. The van der Waals surface area contributed by atoms with Crippen LogP contribution in [0.25, 0.3) is 0 Å². The molecule has 1 aliphatic rings. The normalized spacial score (nSPS) is 14.5. The first-order valence-corrected chi connectivity index (χ1v) is 8.83. The van der Waals surface area contributed by atoms with Crippen LogP contribution in [0.2, 0.25) is 5.02 Å². The first kappa shape index (κ1) is 16.8. The summed E-state index contributed by atoms with van der Waals surface area (Å²) in [5, 5.41) is 7.16. The number of pyridine rings is 1. The molecule has 0 unspecified atom stereocenters. The fraction of sp³-hybridized carbons (Fsp3) is 0.368. The van der Waals surface area contributed by atoms with Gasteiger partial charge in [0, 0.05) is 30.0 Å². The number of carbonyl (C=O) groups excluding carboxylic acids is 1. The van der Waals surface area contributed by atoms with Gasteiger partial charge >= 0.3 is 0 Å². The van der Waals surface area contributed by atoms with E-state index in [-0.39, 0.29) is 5.91 Å². The first-order valence-electron chi connectivity index (χ1n) is 8.45. The van der Waals surface area contributed by atoms with E-state index in [1.165, 1.54) is 18.4 Å². The van der Waals surface area contributed by atoms with Crippen LogP contribution in [0.15, 0.2) is 42.7 Å². The molecular formula is C19H22ClN3O. The van der Waals surface area contributed by atoms with E-state index in [9.17, 15) is 4.79 Å². The average molecular weight is 344 g/mol. The average Bonchev–Trinajstić information content (AvgIpc) is 3.10. The molecule has 5 heteroatoms. The Kier molecular flexibility index (Phi) is 5.70. The molecular weight excluding hydrogens is 322 g/mol. The van der Waals surface area contributed by atoms with E-state index in [4.69, 9.17) is 11.6 Å². The Morgan fingerprint density at radius 3 is 2.67 bits per heavy atom. The summed E-state index contributed by atoms with van der Waals surface area (Å²) >= 11 is 5.89. The van der Waals surface area contributed by atoms with Crippen molar-refractivity contribution in [3.05, 3.63) is 58.9 Å². The van der Waals surface area contributed by atoms with Crippen LogP contribution < -0.4 is 10.6 Å². The second-order valence-electron chi connectivity index (χ2n) is 6.22. The molecule has 0 bridgehead atoms. The van der Waals surface area contributed by atoms with Gasteiger partial charge in [-0.25, -0.2) is 0 Å². The molecule has 0 spiro atoms. The molecule has 1 aromatic carbocycles. The molecule has 0 radical (unpaired) electrons. The third kappa shape index (κ3) is 4.71. The van der Waals surface area contributed by atoms with Crippen LogP contribution >= 0.6 is 11.6 Å². The molecule has 0 atom stereocenters. The summed E-state index contributed by atoms with van der Waals surface area (Å²) in [7, 11) is 0. The van der Waals surface area contributed by atoms with Gasteiger partial charge in [-0.1, -0.05) is 36.6 Å². The minimum absolute atomic E-state index is 0.0317. The van der Waals surface area contributed by atoms with Gasteiger partial charge < -0.3 is 10.6 Å². The van der Waals surface area contributed by atoms with E-state index in [0.29, 0.717) is 11.6 Å². The van der Waals surface area contributed by atoms with Crippen molar-refractivity contribution < 1.29 is 4.79 Å². The van der Waals surface area contributed by atoms with Crippen LogP contribution in [0.4, 0.5) is 5.69 Å². The smallest absolute Gasteiger partial charge is 0.253 e. The van der Waals surface area contributed by atoms with Gasteiger partial charge in [0.05, 0.1) is 11.3 Å². The molecule has 0 aliphatic heterocycles. The van der Waals surface area contributed by atoms with Crippen molar-refractivity contribution in [3.8, 4) is 0 Å². The number of benzene rings is 1. The van der Waals surface area contributed by atoms with Gasteiger partial charge in [0.15, 0.2) is 0 Å². The summed E-state index contributed by atoms with van der Waals surface area (Å²) in [6.07, 6.45) is 8.82. The zero-order chi connectivity index (χ0) is 16.8. The maximum absolute atomic E-state index is 12.3. The van der Waals surface area contributed by atoms with Gasteiger partial charge in [0.1, 0.15) is 0 Å². The SMILES string of the molecule is O=C(NC1CCCC1)c1cncc(NCCc2ccc(Cl)cc2)c1. The maximum atomic E-state index is 12.3. The monoisotopic (exact) mass is 343 g/mol. The molecule has 1 aromatic heterocycles. The van der Waals surface area contributed by atoms with Gasteiger partial charge in [-0.3, -0.25) is 9.78 Å². The largest absolute Gasteiger partial charge is 0.383 e. The molecule has 3 rings (SSSR count). The Morgan fingerprint density at radius 1 is 1.17 bits per heavy atom. The fourth-order valence-corrected chi connectivity index (χ4v) is 3.13. The van der Waals surface area contributed by atoms with Crippen molar-refractivity contribution in [2.45, 2.75) is 38.1 Å². The predicted octanol–water partition coefficient (Wildman–Crippen LogP) is 4.06. The van der Waals surface area contributed by atoms with E-state index in [2.05, 4.69) is 15.6 Å². The maximum Gasteiger partial charge on any atom is 0.253 e. The number of hydrogen-bond acceptors (Lipinski definition) is 3. The van der Waals surface area contributed by atoms with Gasteiger partial charge in [0.25, 0.3) is 5.91 Å². The van der Waals surface area contributed by atoms with Crippen molar-refractivity contribution in [3.63, 3.8) is 0 Å². The topological polar surface area (TPSA) is 54.0 Å². The van der Waals surface area contributed by atoms with Crippen LogP contribution in [0, 0.1) is 0 Å². The molecule has 2 aromatic rings. The minimum Gasteiger partial charge on any atom is -0.383 e. The van der Waals surface area contributed by atoms with Crippen molar-refractivity contribution in [1.82, 2.24) is 10.3 Å². The van der Waals surface area contributed by atoms with Crippen LogP contribution in [0.5, 0.6) is 0 Å². The molecule has 24 heavy (non-hydrogen) atoms. The highest BCUT2D eigenvalue weighted by Gasteiger charge is 2.18. The molecule has 0 saturated heterocycles. The number of halogens is 1. The first-order chi connectivity index (χ1) is 11.7. The number of amides is 1. The van der Waals surface area contributed by atoms with Crippen molar-refractivity contribution in [1.29, 1.82) is 0 Å². The number of nitrogens with zero attached hydrogens (tertiary/aromatic N) is 1. The van der Waals surface area contributed by atoms with E-state index >= 15 is 0 Å². The highest BCUT2D eigenvalue weighted by molar-refractivity contribution is 6.30. The zero-order valence-corrected chi connectivity index (χ0v) is 14.4. The van der Waals surface area contributed by atoms with Crippen LogP contribution in [-0.2, 0) is 6.42 Å². The van der Waals surface area contributed by atoms with Crippen LogP contribution in [0.3, 0.4) is 0 Å². The number of aromatic nitrogens is 1. The molecule has 1 heterocycles. The second-order valence-corrected chi connectivity index (χ2v) is 6.66. The van der Waals surface area contributed by atoms with Gasteiger partial charge in [-0.2, -0.15) is 0 Å². The highest BCUT2D eigenvalue weighted by atomic mass is 35.5. The molecule has 126 valence electrons. The highest BCUT2D eigenvalue weighted by Crippen LogP contribution is 2.18. The fourth-order valence-electron chi connectivity index (χ4n) is 3.00. The summed E-state index contributed by atoms with van der Waals surface area (Å²) in [6.45, 7) is 0.775. The van der Waals surface area contributed by atoms with E-state index in [1.807, 2.05) is 30.3 Å². The van der Waals surface area contributed by atoms with Crippen molar-refractivity contribution in [2.75, 3.05) is 11.9 Å². The van der Waals surface area contributed by atoms with Crippen molar-refractivity contribution >= 4 is 23.2 Å². The summed E-state index contributed by atoms with van der Waals surface area (Å²) in [5.41, 5.74) is 2.69. The summed E-state index contributed by atoms with van der Waals surface area (Å²) in [4.78, 5) is 16.5. The Morgan fingerprint density at radius 2 is 1.92 bits per heavy atom. The minimum atomic E-state index is -0.0317. The Hall–Kier alpha value is -2.07. The third-order valence-electron chi connectivity index (χ3n) is 4.35. The number of anilines is 1. The molecule has 2 N–H and O–H groups in total. The van der Waals surface area contributed by atoms with E-state index in [1.54, 1.807) is 12.4 Å².